The van der Waals surface area contributed by atoms with E-state index in [-0.39, 0.29) is 10.6 Å². The van der Waals surface area contributed by atoms with Gasteiger partial charge in [0.25, 0.3) is 5.56 Å². The Morgan fingerprint density at radius 2 is 1.62 bits per heavy atom. The normalized spacial score (nSPS) is 15.1. The summed E-state index contributed by atoms with van der Waals surface area (Å²) in [5.41, 5.74) is 2.38. The summed E-state index contributed by atoms with van der Waals surface area (Å²) in [5.74, 6) is 0. The van der Waals surface area contributed by atoms with E-state index >= 15 is 0 Å². The summed E-state index contributed by atoms with van der Waals surface area (Å²) in [6.45, 7) is 3.94. The summed E-state index contributed by atoms with van der Waals surface area (Å²) < 4.78 is 3.46. The van der Waals surface area contributed by atoms with Gasteiger partial charge in [0.15, 0.2) is 0 Å². The standard InChI is InChI=1S/C21H21Cl3N4O/c1-25-19(20(24)21(29)28(25)16-5-3-2-4-6-16)14-26-9-11-27(12-10-26)18-13-15(22)7-8-17(18)23/h2-8,13H,9-12,14H2,1H3. The van der Waals surface area contributed by atoms with Crippen molar-refractivity contribution in [1.29, 1.82) is 0 Å². The van der Waals surface area contributed by atoms with Crippen LogP contribution in [0.2, 0.25) is 15.1 Å². The molecule has 8 heteroatoms. The lowest BCUT2D eigenvalue weighted by atomic mass is 10.2. The highest BCUT2D eigenvalue weighted by Crippen LogP contribution is 2.30. The minimum Gasteiger partial charge on any atom is -0.368 e. The van der Waals surface area contributed by atoms with Crippen molar-refractivity contribution >= 4 is 40.5 Å². The van der Waals surface area contributed by atoms with Crippen LogP contribution in [0.15, 0.2) is 53.3 Å². The van der Waals surface area contributed by atoms with E-state index in [1.165, 1.54) is 0 Å². The van der Waals surface area contributed by atoms with Gasteiger partial charge in [0.1, 0.15) is 5.02 Å². The Kier molecular flexibility index (Phi) is 5.93. The van der Waals surface area contributed by atoms with Gasteiger partial charge in [-0.3, -0.25) is 14.4 Å². The molecule has 0 amide bonds. The first kappa shape index (κ1) is 20.4. The third-order valence-corrected chi connectivity index (χ3v) is 6.25. The number of aromatic nitrogens is 2. The first-order valence-corrected chi connectivity index (χ1v) is 10.5. The average Bonchev–Trinajstić information content (AvgIpc) is 2.94. The summed E-state index contributed by atoms with van der Waals surface area (Å²) in [5, 5.41) is 1.65. The second-order valence-electron chi connectivity index (χ2n) is 7.10. The molecule has 29 heavy (non-hydrogen) atoms. The Morgan fingerprint density at radius 3 is 2.31 bits per heavy atom. The van der Waals surface area contributed by atoms with Crippen molar-refractivity contribution in [2.24, 2.45) is 7.05 Å². The van der Waals surface area contributed by atoms with Crippen molar-refractivity contribution in [2.45, 2.75) is 6.54 Å². The van der Waals surface area contributed by atoms with E-state index in [2.05, 4.69) is 9.80 Å². The zero-order chi connectivity index (χ0) is 20.5. The van der Waals surface area contributed by atoms with Crippen LogP contribution in [0.5, 0.6) is 0 Å². The molecule has 1 aromatic heterocycles. The van der Waals surface area contributed by atoms with E-state index < -0.39 is 0 Å². The maximum Gasteiger partial charge on any atom is 0.290 e. The number of nitrogens with zero attached hydrogens (tertiary/aromatic N) is 4. The molecule has 0 unspecified atom stereocenters. The van der Waals surface area contributed by atoms with Crippen molar-refractivity contribution in [3.05, 3.63) is 79.6 Å². The molecule has 0 aliphatic carbocycles. The van der Waals surface area contributed by atoms with Crippen molar-refractivity contribution in [1.82, 2.24) is 14.3 Å². The molecule has 0 bridgehead atoms. The predicted octanol–water partition coefficient (Wildman–Crippen LogP) is 4.46. The van der Waals surface area contributed by atoms with Crippen LogP contribution in [0.3, 0.4) is 0 Å². The lowest BCUT2D eigenvalue weighted by molar-refractivity contribution is 0.243. The Balaban J connectivity index is 1.50. The quantitative estimate of drug-likeness (QED) is 0.587. The van der Waals surface area contributed by atoms with Crippen LogP contribution < -0.4 is 10.5 Å². The molecule has 2 aromatic carbocycles. The highest BCUT2D eigenvalue weighted by atomic mass is 35.5. The van der Waals surface area contributed by atoms with Crippen molar-refractivity contribution in [2.75, 3.05) is 31.1 Å². The molecule has 5 nitrogen and oxygen atoms in total. The molecule has 0 radical (unpaired) electrons. The second-order valence-corrected chi connectivity index (χ2v) is 8.32. The molecule has 2 heterocycles. The highest BCUT2D eigenvalue weighted by Gasteiger charge is 2.23. The summed E-state index contributed by atoms with van der Waals surface area (Å²) in [7, 11) is 1.87. The predicted molar refractivity (Wildman–Crippen MR) is 120 cm³/mol. The minimum absolute atomic E-state index is 0.195. The van der Waals surface area contributed by atoms with Crippen LogP contribution in [0.1, 0.15) is 5.69 Å². The number of anilines is 1. The van der Waals surface area contributed by atoms with Gasteiger partial charge >= 0.3 is 0 Å². The van der Waals surface area contributed by atoms with Gasteiger partial charge in [-0.2, -0.15) is 0 Å². The zero-order valence-corrected chi connectivity index (χ0v) is 18.3. The molecular formula is C21H21Cl3N4O. The molecule has 0 spiro atoms. The zero-order valence-electron chi connectivity index (χ0n) is 16.0. The fourth-order valence-electron chi connectivity index (χ4n) is 3.73. The van der Waals surface area contributed by atoms with Crippen LogP contribution in [0.4, 0.5) is 5.69 Å². The third-order valence-electron chi connectivity index (χ3n) is 5.32. The number of hydrogen-bond acceptors (Lipinski definition) is 3. The average molecular weight is 452 g/mol. The summed E-state index contributed by atoms with van der Waals surface area (Å²) >= 11 is 18.9. The fraction of sp³-hybridized carbons (Fsp3) is 0.286. The highest BCUT2D eigenvalue weighted by molar-refractivity contribution is 6.35. The van der Waals surface area contributed by atoms with E-state index in [4.69, 9.17) is 34.8 Å². The maximum absolute atomic E-state index is 12.7. The van der Waals surface area contributed by atoms with Crippen LogP contribution in [0.25, 0.3) is 5.69 Å². The van der Waals surface area contributed by atoms with Crippen molar-refractivity contribution < 1.29 is 0 Å². The van der Waals surface area contributed by atoms with E-state index in [1.807, 2.05) is 54.2 Å². The van der Waals surface area contributed by atoms with E-state index in [0.29, 0.717) is 16.6 Å². The number of piperazine rings is 1. The maximum atomic E-state index is 12.7. The van der Waals surface area contributed by atoms with Gasteiger partial charge in [0.2, 0.25) is 0 Å². The number of halogens is 3. The number of hydrogen-bond donors (Lipinski definition) is 0. The van der Waals surface area contributed by atoms with Crippen LogP contribution in [0, 0.1) is 0 Å². The van der Waals surface area contributed by atoms with Crippen LogP contribution >= 0.6 is 34.8 Å². The van der Waals surface area contributed by atoms with Gasteiger partial charge in [0, 0.05) is 44.8 Å². The molecule has 1 aliphatic heterocycles. The van der Waals surface area contributed by atoms with Crippen LogP contribution in [-0.2, 0) is 13.6 Å². The molecule has 4 rings (SSSR count). The van der Waals surface area contributed by atoms with Gasteiger partial charge in [-0.25, -0.2) is 4.68 Å². The molecule has 1 saturated heterocycles. The summed E-state index contributed by atoms with van der Waals surface area (Å²) in [4.78, 5) is 17.2. The number of benzene rings is 2. The topological polar surface area (TPSA) is 33.4 Å². The lowest BCUT2D eigenvalue weighted by Crippen LogP contribution is -2.46. The summed E-state index contributed by atoms with van der Waals surface area (Å²) in [6.07, 6.45) is 0. The first-order valence-electron chi connectivity index (χ1n) is 9.40. The second kappa shape index (κ2) is 8.44. The number of para-hydroxylation sites is 1. The van der Waals surface area contributed by atoms with Gasteiger partial charge < -0.3 is 4.90 Å². The van der Waals surface area contributed by atoms with Gasteiger partial charge in [-0.05, 0) is 30.3 Å². The minimum atomic E-state index is -0.195. The Labute approximate surface area is 184 Å². The molecule has 152 valence electrons. The van der Waals surface area contributed by atoms with E-state index in [0.717, 1.165) is 43.2 Å². The van der Waals surface area contributed by atoms with Crippen LogP contribution in [-0.4, -0.2) is 40.4 Å². The smallest absolute Gasteiger partial charge is 0.290 e. The van der Waals surface area contributed by atoms with Gasteiger partial charge in [0.05, 0.1) is 22.1 Å². The first-order chi connectivity index (χ1) is 14.0. The molecule has 0 saturated carbocycles. The Hall–Kier alpha value is -1.92. The Bertz CT molecular complexity index is 1070. The van der Waals surface area contributed by atoms with Crippen molar-refractivity contribution in [3.8, 4) is 5.69 Å². The Morgan fingerprint density at radius 1 is 0.931 bits per heavy atom. The SMILES string of the molecule is Cn1c(CN2CCN(c3cc(Cl)ccc3Cl)CC2)c(Cl)c(=O)n1-c1ccccc1. The molecule has 1 aliphatic rings. The largest absolute Gasteiger partial charge is 0.368 e. The van der Waals surface area contributed by atoms with Gasteiger partial charge in [-0.15, -0.1) is 0 Å². The van der Waals surface area contributed by atoms with Gasteiger partial charge in [-0.1, -0.05) is 53.0 Å². The lowest BCUT2D eigenvalue weighted by Gasteiger charge is -2.36. The molecule has 0 atom stereocenters. The van der Waals surface area contributed by atoms with E-state index in [9.17, 15) is 4.79 Å². The molecule has 3 aromatic rings. The fourth-order valence-corrected chi connectivity index (χ4v) is 4.40. The molecule has 1 fully saturated rings. The number of rotatable bonds is 4. The molecule has 0 N–H and O–H groups in total. The monoisotopic (exact) mass is 450 g/mol. The molecular weight excluding hydrogens is 431 g/mol. The summed E-state index contributed by atoms with van der Waals surface area (Å²) in [6, 6.07) is 15.1. The third kappa shape index (κ3) is 4.05. The van der Waals surface area contributed by atoms with E-state index in [1.54, 1.807) is 10.7 Å². The van der Waals surface area contributed by atoms with Crippen molar-refractivity contribution in [3.63, 3.8) is 0 Å².